The van der Waals surface area contributed by atoms with Gasteiger partial charge >= 0.3 is 0 Å². The molecule has 330 valence electrons. The van der Waals surface area contributed by atoms with E-state index in [1.165, 1.54) is 199 Å². The summed E-state index contributed by atoms with van der Waals surface area (Å²) in [5, 5.41) is 33.2. The Morgan fingerprint density at radius 2 is 0.768 bits per heavy atom. The fourth-order valence-electron chi connectivity index (χ4n) is 7.59. The zero-order valence-corrected chi connectivity index (χ0v) is 37.5. The van der Waals surface area contributed by atoms with E-state index in [1.807, 2.05) is 6.08 Å². The average Bonchev–Trinajstić information content (AvgIpc) is 3.19. The summed E-state index contributed by atoms with van der Waals surface area (Å²) in [5.41, 5.74) is 0. The van der Waals surface area contributed by atoms with Gasteiger partial charge in [-0.1, -0.05) is 230 Å². The lowest BCUT2D eigenvalue weighted by molar-refractivity contribution is -0.124. The molecule has 0 heterocycles. The summed E-state index contributed by atoms with van der Waals surface area (Å²) in [6, 6.07) is -0.760. The number of nitrogens with one attached hydrogen (secondary N) is 1. The average molecular weight is 788 g/mol. The highest BCUT2D eigenvalue weighted by molar-refractivity contribution is 5.76. The van der Waals surface area contributed by atoms with Crippen LogP contribution in [0.4, 0.5) is 0 Å². The van der Waals surface area contributed by atoms with Crippen LogP contribution in [0.1, 0.15) is 258 Å². The Morgan fingerprint density at radius 1 is 0.446 bits per heavy atom. The molecule has 0 saturated heterocycles. The van der Waals surface area contributed by atoms with Gasteiger partial charge in [0, 0.05) is 0 Å². The quantitative estimate of drug-likeness (QED) is 0.0365. The maximum Gasteiger partial charge on any atom is 0.222 e. The summed E-state index contributed by atoms with van der Waals surface area (Å²) >= 11 is 0. The van der Waals surface area contributed by atoms with Crippen molar-refractivity contribution >= 4 is 5.91 Å². The molecule has 0 fully saturated rings. The van der Waals surface area contributed by atoms with E-state index < -0.39 is 18.2 Å². The number of amides is 1. The van der Waals surface area contributed by atoms with Gasteiger partial charge in [-0.15, -0.1) is 0 Å². The Morgan fingerprint density at radius 3 is 1.14 bits per heavy atom. The van der Waals surface area contributed by atoms with Crippen LogP contribution >= 0.6 is 0 Å². The van der Waals surface area contributed by atoms with Gasteiger partial charge in [-0.2, -0.15) is 0 Å². The van der Waals surface area contributed by atoms with E-state index in [-0.39, 0.29) is 18.9 Å². The molecular weight excluding hydrogens is 691 g/mol. The van der Waals surface area contributed by atoms with Crippen molar-refractivity contribution in [3.05, 3.63) is 36.5 Å². The SMILES string of the molecule is CCCCCCCCCC/C=C/CC/C=C/C(O)C(CO)NC(=O)CC(O)CCCCCCCCCCCCC/C=C\CCCCCCCCCCCCCC. The lowest BCUT2D eigenvalue weighted by Gasteiger charge is -2.21. The molecule has 0 aliphatic heterocycles. The summed E-state index contributed by atoms with van der Waals surface area (Å²) in [7, 11) is 0. The second-order valence-corrected chi connectivity index (χ2v) is 17.1. The summed E-state index contributed by atoms with van der Waals surface area (Å²) in [5.74, 6) is -0.325. The largest absolute Gasteiger partial charge is 0.394 e. The van der Waals surface area contributed by atoms with E-state index in [0.717, 1.165) is 32.1 Å². The van der Waals surface area contributed by atoms with Crippen molar-refractivity contribution in [2.24, 2.45) is 0 Å². The number of carbonyl (C=O) groups excluding carboxylic acids is 1. The monoisotopic (exact) mass is 788 g/mol. The van der Waals surface area contributed by atoms with Crippen molar-refractivity contribution in [1.82, 2.24) is 5.32 Å². The van der Waals surface area contributed by atoms with Crippen LogP contribution < -0.4 is 5.32 Å². The minimum absolute atomic E-state index is 0.00630. The number of carbonyl (C=O) groups is 1. The molecule has 0 rings (SSSR count). The van der Waals surface area contributed by atoms with Gasteiger partial charge in [0.2, 0.25) is 5.91 Å². The fraction of sp³-hybridized carbons (Fsp3) is 0.863. The van der Waals surface area contributed by atoms with Crippen molar-refractivity contribution < 1.29 is 20.1 Å². The van der Waals surface area contributed by atoms with Crippen molar-refractivity contribution in [2.45, 2.75) is 276 Å². The van der Waals surface area contributed by atoms with Crippen molar-refractivity contribution in [1.29, 1.82) is 0 Å². The van der Waals surface area contributed by atoms with Crippen LogP contribution in [-0.4, -0.2) is 46.1 Å². The number of aliphatic hydroxyl groups is 3. The highest BCUT2D eigenvalue weighted by Gasteiger charge is 2.20. The number of unbranched alkanes of at least 4 members (excludes halogenated alkanes) is 32. The highest BCUT2D eigenvalue weighted by atomic mass is 16.3. The molecular formula is C51H97NO4. The molecule has 0 aromatic carbocycles. The van der Waals surface area contributed by atoms with E-state index in [0.29, 0.717) is 6.42 Å². The Bertz CT molecular complexity index is 870. The van der Waals surface area contributed by atoms with Crippen LogP contribution in [0, 0.1) is 0 Å². The molecule has 0 saturated carbocycles. The summed E-state index contributed by atoms with van der Waals surface area (Å²) in [6.07, 6.45) is 58.8. The van der Waals surface area contributed by atoms with Crippen LogP contribution in [-0.2, 0) is 4.79 Å². The highest BCUT2D eigenvalue weighted by Crippen LogP contribution is 2.16. The van der Waals surface area contributed by atoms with Gasteiger partial charge in [0.05, 0.1) is 31.3 Å². The van der Waals surface area contributed by atoms with Crippen molar-refractivity contribution in [3.63, 3.8) is 0 Å². The van der Waals surface area contributed by atoms with Gasteiger partial charge in [0.25, 0.3) is 0 Å². The lowest BCUT2D eigenvalue weighted by atomic mass is 10.0. The summed E-state index contributed by atoms with van der Waals surface area (Å²) in [6.45, 7) is 4.21. The van der Waals surface area contributed by atoms with Gasteiger partial charge in [-0.25, -0.2) is 0 Å². The summed E-state index contributed by atoms with van der Waals surface area (Å²) in [4.78, 5) is 12.5. The fourth-order valence-corrected chi connectivity index (χ4v) is 7.59. The van der Waals surface area contributed by atoms with Crippen LogP contribution in [0.3, 0.4) is 0 Å². The molecule has 1 amide bonds. The predicted octanol–water partition coefficient (Wildman–Crippen LogP) is 14.7. The summed E-state index contributed by atoms with van der Waals surface area (Å²) < 4.78 is 0. The molecule has 5 heteroatoms. The van der Waals surface area contributed by atoms with E-state index in [1.54, 1.807) is 6.08 Å². The minimum Gasteiger partial charge on any atom is -0.394 e. The normalized spacial score (nSPS) is 13.7. The van der Waals surface area contributed by atoms with Gasteiger partial charge < -0.3 is 20.6 Å². The minimum atomic E-state index is -0.951. The molecule has 4 N–H and O–H groups in total. The molecule has 0 radical (unpaired) electrons. The van der Waals surface area contributed by atoms with E-state index in [4.69, 9.17) is 0 Å². The van der Waals surface area contributed by atoms with Gasteiger partial charge in [-0.05, 0) is 57.8 Å². The van der Waals surface area contributed by atoms with Gasteiger partial charge in [-0.3, -0.25) is 4.79 Å². The zero-order valence-electron chi connectivity index (χ0n) is 37.5. The second kappa shape index (κ2) is 46.3. The van der Waals surface area contributed by atoms with Gasteiger partial charge in [0.15, 0.2) is 0 Å². The second-order valence-electron chi connectivity index (χ2n) is 17.1. The molecule has 0 bridgehead atoms. The molecule has 0 aromatic heterocycles. The lowest BCUT2D eigenvalue weighted by Crippen LogP contribution is -2.45. The van der Waals surface area contributed by atoms with E-state index in [2.05, 4.69) is 43.5 Å². The number of aliphatic hydroxyl groups excluding tert-OH is 3. The van der Waals surface area contributed by atoms with Gasteiger partial charge in [0.1, 0.15) is 0 Å². The van der Waals surface area contributed by atoms with Crippen LogP contribution in [0.25, 0.3) is 0 Å². The zero-order chi connectivity index (χ0) is 40.8. The number of hydrogen-bond acceptors (Lipinski definition) is 4. The maximum absolute atomic E-state index is 12.5. The first kappa shape index (κ1) is 54.6. The van der Waals surface area contributed by atoms with E-state index >= 15 is 0 Å². The molecule has 3 atom stereocenters. The molecule has 0 aliphatic carbocycles. The first-order valence-electron chi connectivity index (χ1n) is 24.8. The first-order chi connectivity index (χ1) is 27.5. The maximum atomic E-state index is 12.5. The van der Waals surface area contributed by atoms with Crippen LogP contribution in [0.15, 0.2) is 36.5 Å². The molecule has 3 unspecified atom stereocenters. The Labute approximate surface area is 349 Å². The Kier molecular flexibility index (Phi) is 45.1. The third-order valence-electron chi connectivity index (χ3n) is 11.4. The predicted molar refractivity (Wildman–Crippen MR) is 245 cm³/mol. The molecule has 0 spiro atoms. The van der Waals surface area contributed by atoms with Crippen molar-refractivity contribution in [3.8, 4) is 0 Å². The molecule has 5 nitrogen and oxygen atoms in total. The third kappa shape index (κ3) is 42.2. The molecule has 0 aromatic rings. The van der Waals surface area contributed by atoms with Crippen LogP contribution in [0.2, 0.25) is 0 Å². The van der Waals surface area contributed by atoms with Crippen molar-refractivity contribution in [2.75, 3.05) is 6.61 Å². The van der Waals surface area contributed by atoms with Crippen LogP contribution in [0.5, 0.6) is 0 Å². The Balaban J connectivity index is 3.59. The third-order valence-corrected chi connectivity index (χ3v) is 11.4. The number of hydrogen-bond donors (Lipinski definition) is 4. The first-order valence-corrected chi connectivity index (χ1v) is 24.8. The smallest absolute Gasteiger partial charge is 0.222 e. The molecule has 0 aliphatic rings. The number of rotatable bonds is 45. The van der Waals surface area contributed by atoms with E-state index in [9.17, 15) is 20.1 Å². The standard InChI is InChI=1S/C51H97NO4/c1-3-5-7-9-11-13-15-17-19-20-21-22-23-24-25-26-27-28-29-30-31-32-34-36-38-40-42-44-48(54)46-51(56)52-49(47-53)50(55)45-43-41-39-37-35-33-18-16-14-12-10-8-6-4-2/h24-25,35,37,43,45,48-50,53-55H,3-23,26-34,36,38-42,44,46-47H2,1-2H3,(H,52,56)/b25-24-,37-35+,45-43+. The Hall–Kier alpha value is -1.43. The number of allylic oxidation sites excluding steroid dienone is 5. The molecule has 56 heavy (non-hydrogen) atoms. The topological polar surface area (TPSA) is 89.8 Å².